The lowest BCUT2D eigenvalue weighted by Crippen LogP contribution is -2.57. The van der Waals surface area contributed by atoms with Crippen LogP contribution in [0.5, 0.6) is 5.88 Å². The number of pyridine rings is 1. The van der Waals surface area contributed by atoms with E-state index in [9.17, 15) is 23.1 Å². The third-order valence-corrected chi connectivity index (χ3v) is 11.9. The van der Waals surface area contributed by atoms with Crippen LogP contribution in [0.15, 0.2) is 42.6 Å². The molecule has 2 aliphatic heterocycles. The Balaban J connectivity index is 1.37. The van der Waals surface area contributed by atoms with Gasteiger partial charge in [-0.2, -0.15) is 4.31 Å². The van der Waals surface area contributed by atoms with E-state index in [-0.39, 0.29) is 35.7 Å². The Hall–Kier alpha value is -2.93. The van der Waals surface area contributed by atoms with Gasteiger partial charge in [-0.05, 0) is 67.7 Å². The topological polar surface area (TPSA) is 141 Å². The van der Waals surface area contributed by atoms with E-state index in [1.165, 1.54) is 14.2 Å². The standard InChI is InChI=1S/C32H44ClN5O6S/c1-37(32(40)41)30(29(22-9-13-24(33)14-10-22)23-12-16-28(44-2)35-18-23)31(39)36-27-8-4-3-6-21(27)11-15-26-19-34-25-7-5-17-45(42,43)38(26)20-25/h9-10,12-14,16,18,21,25-27,29-30,34H,3-8,11,15,17,19-20H2,1-2H3,(H,36,39)(H,40,41)/t21-,25-,26+,27+,29+,30+/m1/s1. The van der Waals surface area contributed by atoms with E-state index < -0.39 is 28.1 Å². The van der Waals surface area contributed by atoms with Gasteiger partial charge in [0, 0.05) is 61.5 Å². The molecule has 2 aromatic rings. The molecule has 3 heterocycles. The van der Waals surface area contributed by atoms with Crippen molar-refractivity contribution in [1.29, 1.82) is 0 Å². The summed E-state index contributed by atoms with van der Waals surface area (Å²) in [6.45, 7) is 1.16. The number of fused-ring (bicyclic) bond motifs is 2. The number of carbonyl (C=O) groups is 2. The van der Waals surface area contributed by atoms with Crippen LogP contribution in [0.1, 0.15) is 68.4 Å². The summed E-state index contributed by atoms with van der Waals surface area (Å²) < 4.78 is 32.9. The number of sulfonamides is 1. The van der Waals surface area contributed by atoms with Crippen LogP contribution in [0.2, 0.25) is 5.02 Å². The van der Waals surface area contributed by atoms with Crippen molar-refractivity contribution in [1.82, 2.24) is 24.8 Å². The van der Waals surface area contributed by atoms with Gasteiger partial charge in [0.2, 0.25) is 21.8 Å². The van der Waals surface area contributed by atoms with Crippen LogP contribution in [0.4, 0.5) is 4.79 Å². The Labute approximate surface area is 270 Å². The van der Waals surface area contributed by atoms with Crippen molar-refractivity contribution in [2.75, 3.05) is 33.0 Å². The quantitative estimate of drug-likeness (QED) is 0.346. The van der Waals surface area contributed by atoms with E-state index in [0.29, 0.717) is 42.4 Å². The van der Waals surface area contributed by atoms with Crippen molar-refractivity contribution in [2.24, 2.45) is 5.92 Å². The fourth-order valence-electron chi connectivity index (χ4n) is 7.26. The Morgan fingerprint density at radius 1 is 1.11 bits per heavy atom. The summed E-state index contributed by atoms with van der Waals surface area (Å²) in [5, 5.41) is 17.4. The van der Waals surface area contributed by atoms with Crippen LogP contribution in [0.25, 0.3) is 0 Å². The second-order valence-corrected chi connectivity index (χ2v) is 15.0. The summed E-state index contributed by atoms with van der Waals surface area (Å²) >= 11 is 6.19. The van der Waals surface area contributed by atoms with Gasteiger partial charge in [-0.25, -0.2) is 18.2 Å². The van der Waals surface area contributed by atoms with Crippen molar-refractivity contribution in [2.45, 2.75) is 81.5 Å². The fraction of sp³-hybridized carbons (Fsp3) is 0.594. The lowest BCUT2D eigenvalue weighted by atomic mass is 9.80. The molecule has 1 aromatic heterocycles. The first kappa shape index (κ1) is 33.4. The summed E-state index contributed by atoms with van der Waals surface area (Å²) in [5.41, 5.74) is 1.38. The number of carbonyl (C=O) groups excluding carboxylic acids is 1. The van der Waals surface area contributed by atoms with Gasteiger partial charge in [-0.1, -0.05) is 42.6 Å². The highest BCUT2D eigenvalue weighted by molar-refractivity contribution is 7.89. The van der Waals surface area contributed by atoms with Crippen LogP contribution in [-0.2, 0) is 14.8 Å². The van der Waals surface area contributed by atoms with E-state index in [1.54, 1.807) is 46.9 Å². The second kappa shape index (κ2) is 14.7. The minimum Gasteiger partial charge on any atom is -0.481 e. The minimum absolute atomic E-state index is 0.106. The molecule has 5 rings (SSSR count). The van der Waals surface area contributed by atoms with Gasteiger partial charge >= 0.3 is 6.09 Å². The molecular weight excluding hydrogens is 618 g/mol. The number of hydrogen-bond donors (Lipinski definition) is 3. The molecule has 11 nitrogen and oxygen atoms in total. The monoisotopic (exact) mass is 661 g/mol. The van der Waals surface area contributed by atoms with E-state index in [0.717, 1.165) is 49.0 Å². The maximum Gasteiger partial charge on any atom is 0.407 e. The number of aromatic nitrogens is 1. The van der Waals surface area contributed by atoms with Crippen molar-refractivity contribution in [3.05, 3.63) is 58.7 Å². The molecule has 2 bridgehead atoms. The maximum atomic E-state index is 14.3. The molecule has 246 valence electrons. The van der Waals surface area contributed by atoms with E-state index in [1.807, 2.05) is 0 Å². The Kier molecular flexibility index (Phi) is 10.9. The van der Waals surface area contributed by atoms with Gasteiger partial charge < -0.3 is 20.5 Å². The molecule has 2 saturated heterocycles. The molecular formula is C32H44ClN5O6S. The number of amides is 2. The summed E-state index contributed by atoms with van der Waals surface area (Å²) in [4.78, 5) is 32.1. The van der Waals surface area contributed by atoms with Crippen molar-refractivity contribution in [3.8, 4) is 5.88 Å². The first-order valence-corrected chi connectivity index (χ1v) is 17.8. The second-order valence-electron chi connectivity index (χ2n) is 12.5. The molecule has 1 unspecified atom stereocenters. The zero-order valence-corrected chi connectivity index (χ0v) is 27.5. The number of ether oxygens (including phenoxy) is 1. The van der Waals surface area contributed by atoms with Crippen LogP contribution in [0, 0.1) is 5.92 Å². The number of nitrogens with zero attached hydrogens (tertiary/aromatic N) is 3. The summed E-state index contributed by atoms with van der Waals surface area (Å²) in [5.74, 6) is -0.297. The van der Waals surface area contributed by atoms with E-state index in [2.05, 4.69) is 15.6 Å². The molecule has 2 amide bonds. The van der Waals surface area contributed by atoms with Gasteiger partial charge in [0.05, 0.1) is 12.9 Å². The number of piperazine rings is 1. The van der Waals surface area contributed by atoms with Crippen LogP contribution in [0.3, 0.4) is 0 Å². The highest BCUT2D eigenvalue weighted by atomic mass is 35.5. The van der Waals surface area contributed by atoms with Crippen LogP contribution < -0.4 is 15.4 Å². The molecule has 3 aliphatic rings. The number of halogens is 1. The molecule has 1 aromatic carbocycles. The largest absolute Gasteiger partial charge is 0.481 e. The molecule has 3 N–H and O–H groups in total. The first-order chi connectivity index (χ1) is 21.6. The predicted octanol–water partition coefficient (Wildman–Crippen LogP) is 4.08. The lowest BCUT2D eigenvalue weighted by molar-refractivity contribution is -0.127. The maximum absolute atomic E-state index is 14.3. The molecule has 7 atom stereocenters. The molecule has 0 spiro atoms. The minimum atomic E-state index is -3.28. The highest BCUT2D eigenvalue weighted by Gasteiger charge is 2.41. The highest BCUT2D eigenvalue weighted by Crippen LogP contribution is 2.35. The SMILES string of the molecule is COc1ccc([C@H](c2ccc(Cl)cc2)[C@@H](C(=O)N[C@H]2CCCC[C@@H]2CC[C@H]2CN[C@@H]3CCCS(=O)(=O)N2C3)N(C)C(=O)O)cn1. The summed E-state index contributed by atoms with van der Waals surface area (Å²) in [6.07, 6.45) is 7.10. The number of hydrogen-bond acceptors (Lipinski definition) is 7. The van der Waals surface area contributed by atoms with E-state index >= 15 is 0 Å². The Bertz CT molecular complexity index is 1430. The first-order valence-electron chi connectivity index (χ1n) is 15.8. The lowest BCUT2D eigenvalue weighted by Gasteiger charge is -2.40. The van der Waals surface area contributed by atoms with Crippen LogP contribution in [-0.4, -0.2) is 96.9 Å². The Morgan fingerprint density at radius 3 is 2.53 bits per heavy atom. The zero-order valence-electron chi connectivity index (χ0n) is 25.9. The van der Waals surface area contributed by atoms with Crippen molar-refractivity contribution in [3.63, 3.8) is 0 Å². The molecule has 3 fully saturated rings. The Morgan fingerprint density at radius 2 is 1.84 bits per heavy atom. The zero-order chi connectivity index (χ0) is 32.1. The number of rotatable bonds is 10. The molecule has 45 heavy (non-hydrogen) atoms. The number of carboxylic acid groups (broad SMARTS) is 1. The number of methoxy groups -OCH3 is 1. The van der Waals surface area contributed by atoms with E-state index in [4.69, 9.17) is 16.3 Å². The van der Waals surface area contributed by atoms with Gasteiger partial charge in [0.25, 0.3) is 0 Å². The van der Waals surface area contributed by atoms with Crippen molar-refractivity contribution >= 4 is 33.6 Å². The van der Waals surface area contributed by atoms with Gasteiger partial charge in [0.15, 0.2) is 0 Å². The van der Waals surface area contributed by atoms with Crippen molar-refractivity contribution < 1.29 is 27.9 Å². The number of nitrogens with one attached hydrogen (secondary N) is 2. The smallest absolute Gasteiger partial charge is 0.407 e. The van der Waals surface area contributed by atoms with Gasteiger partial charge in [-0.15, -0.1) is 0 Å². The third kappa shape index (κ3) is 7.90. The van der Waals surface area contributed by atoms with Crippen LogP contribution >= 0.6 is 11.6 Å². The number of likely N-dealkylation sites (N-methyl/N-ethyl adjacent to an activating group) is 1. The average molecular weight is 662 g/mol. The molecule has 1 saturated carbocycles. The molecule has 13 heteroatoms. The normalized spacial score (nSPS) is 27.4. The summed E-state index contributed by atoms with van der Waals surface area (Å²) in [6, 6.07) is 9.39. The van der Waals surface area contributed by atoms with Gasteiger partial charge in [0.1, 0.15) is 6.04 Å². The number of benzene rings is 1. The average Bonchev–Trinajstić information content (AvgIpc) is 3.15. The molecule has 0 radical (unpaired) electrons. The fourth-order valence-corrected chi connectivity index (χ4v) is 9.19. The predicted molar refractivity (Wildman–Crippen MR) is 172 cm³/mol. The van der Waals surface area contributed by atoms with Gasteiger partial charge in [-0.3, -0.25) is 9.69 Å². The molecule has 1 aliphatic carbocycles. The third-order valence-electron chi connectivity index (χ3n) is 9.73. The summed E-state index contributed by atoms with van der Waals surface area (Å²) in [7, 11) is -0.355.